The third-order valence-corrected chi connectivity index (χ3v) is 5.83. The van der Waals surface area contributed by atoms with Crippen LogP contribution in [-0.2, 0) is 11.2 Å². The number of hydrogen-bond donors (Lipinski definition) is 0. The Labute approximate surface area is 185 Å². The molecule has 1 amide bonds. The van der Waals surface area contributed by atoms with Gasteiger partial charge in [-0.15, -0.1) is 12.4 Å². The van der Waals surface area contributed by atoms with Crippen LogP contribution < -0.4 is 9.64 Å². The molecule has 0 bridgehead atoms. The average Bonchev–Trinajstić information content (AvgIpc) is 2.80. The molecule has 3 rings (SSSR count). The summed E-state index contributed by atoms with van der Waals surface area (Å²) in [6, 6.07) is 14.0. The van der Waals surface area contributed by atoms with Crippen LogP contribution >= 0.6 is 24.0 Å². The number of likely N-dealkylation sites (N-methyl/N-ethyl adjacent to an activating group) is 1. The fourth-order valence-corrected chi connectivity index (χ4v) is 4.24. The van der Waals surface area contributed by atoms with Crippen molar-refractivity contribution in [3.05, 3.63) is 58.6 Å². The van der Waals surface area contributed by atoms with Gasteiger partial charge in [0.1, 0.15) is 5.75 Å². The Morgan fingerprint density at radius 2 is 1.86 bits per heavy atom. The summed E-state index contributed by atoms with van der Waals surface area (Å²) in [5.41, 5.74) is 3.29. The van der Waals surface area contributed by atoms with E-state index in [4.69, 9.17) is 16.3 Å². The second-order valence-corrected chi connectivity index (χ2v) is 8.10. The fourth-order valence-electron chi connectivity index (χ4n) is 4.04. The van der Waals surface area contributed by atoms with E-state index in [0.717, 1.165) is 36.4 Å². The number of methoxy groups -OCH3 is 1. The van der Waals surface area contributed by atoms with Gasteiger partial charge in [0.25, 0.3) is 0 Å². The number of amides is 1. The number of ether oxygens (including phenoxy) is 1. The van der Waals surface area contributed by atoms with Gasteiger partial charge in [0.15, 0.2) is 0 Å². The lowest BCUT2D eigenvalue weighted by Crippen LogP contribution is -2.41. The van der Waals surface area contributed by atoms with E-state index in [1.54, 1.807) is 7.11 Å². The van der Waals surface area contributed by atoms with Crippen molar-refractivity contribution in [2.24, 2.45) is 5.92 Å². The number of nitrogens with zero attached hydrogens (tertiary/aromatic N) is 2. The quantitative estimate of drug-likeness (QED) is 0.636. The van der Waals surface area contributed by atoms with E-state index in [2.05, 4.69) is 24.0 Å². The van der Waals surface area contributed by atoms with Crippen molar-refractivity contribution in [3.63, 3.8) is 0 Å². The molecule has 0 N–H and O–H groups in total. The van der Waals surface area contributed by atoms with Gasteiger partial charge >= 0.3 is 0 Å². The summed E-state index contributed by atoms with van der Waals surface area (Å²) in [7, 11) is 5.73. The number of carbonyl (C=O) groups is 1. The molecule has 0 spiro atoms. The zero-order valence-electron chi connectivity index (χ0n) is 17.5. The number of hydrogen-bond acceptors (Lipinski definition) is 3. The predicted octanol–water partition coefficient (Wildman–Crippen LogP) is 5.03. The van der Waals surface area contributed by atoms with Crippen molar-refractivity contribution in [2.45, 2.75) is 25.7 Å². The molecule has 158 valence electrons. The van der Waals surface area contributed by atoms with E-state index in [1.165, 1.54) is 5.56 Å². The molecule has 0 saturated carbocycles. The first kappa shape index (κ1) is 23.5. The summed E-state index contributed by atoms with van der Waals surface area (Å²) in [5, 5.41) is 0.710. The SMILES string of the molecule is CC[C@@H]1C(=O)N(CCN(C)C)c2ccc(Cl)cc2C[C@@H]1c1ccc(OC)cc1.Cl. The van der Waals surface area contributed by atoms with Gasteiger partial charge in [-0.3, -0.25) is 4.79 Å². The number of benzene rings is 2. The number of anilines is 1. The molecule has 1 aliphatic rings. The molecular weight excluding hydrogens is 407 g/mol. The maximum absolute atomic E-state index is 13.6. The highest BCUT2D eigenvalue weighted by Gasteiger charge is 2.36. The van der Waals surface area contributed by atoms with Gasteiger partial charge in [0.2, 0.25) is 5.91 Å². The molecule has 0 unspecified atom stereocenters. The Morgan fingerprint density at radius 3 is 2.45 bits per heavy atom. The lowest BCUT2D eigenvalue weighted by molar-refractivity contribution is -0.123. The molecule has 0 aromatic heterocycles. The Morgan fingerprint density at radius 1 is 1.17 bits per heavy atom. The van der Waals surface area contributed by atoms with Crippen LogP contribution in [0.15, 0.2) is 42.5 Å². The lowest BCUT2D eigenvalue weighted by Gasteiger charge is -2.29. The zero-order valence-corrected chi connectivity index (χ0v) is 19.1. The number of halogens is 2. The molecular formula is C23H30Cl2N2O2. The van der Waals surface area contributed by atoms with Gasteiger partial charge in [-0.2, -0.15) is 0 Å². The second kappa shape index (κ2) is 10.3. The monoisotopic (exact) mass is 436 g/mol. The number of carbonyl (C=O) groups excluding carboxylic acids is 1. The van der Waals surface area contributed by atoms with E-state index >= 15 is 0 Å². The molecule has 2 atom stereocenters. The highest BCUT2D eigenvalue weighted by atomic mass is 35.5. The third-order valence-electron chi connectivity index (χ3n) is 5.60. The minimum absolute atomic E-state index is 0. The standard InChI is InChI=1S/C23H29ClN2O2.ClH/c1-5-20-21(16-6-9-19(28-4)10-7-16)15-17-14-18(24)8-11-22(17)26(23(20)27)13-12-25(2)3;/h6-11,14,20-21H,5,12-13,15H2,1-4H3;1H/t20-,21+;/m0./s1. The lowest BCUT2D eigenvalue weighted by atomic mass is 9.80. The van der Waals surface area contributed by atoms with Gasteiger partial charge < -0.3 is 14.5 Å². The van der Waals surface area contributed by atoms with Crippen LogP contribution in [0.2, 0.25) is 5.02 Å². The topological polar surface area (TPSA) is 32.8 Å². The number of fused-ring (bicyclic) bond motifs is 1. The van der Waals surface area contributed by atoms with E-state index in [0.29, 0.717) is 11.6 Å². The van der Waals surface area contributed by atoms with Crippen molar-refractivity contribution in [2.75, 3.05) is 39.2 Å². The van der Waals surface area contributed by atoms with Crippen molar-refractivity contribution in [1.29, 1.82) is 0 Å². The molecule has 0 fully saturated rings. The molecule has 0 radical (unpaired) electrons. The van der Waals surface area contributed by atoms with Gasteiger partial charge in [0.05, 0.1) is 7.11 Å². The Hall–Kier alpha value is -1.75. The van der Waals surface area contributed by atoms with Crippen molar-refractivity contribution in [1.82, 2.24) is 4.90 Å². The van der Waals surface area contributed by atoms with Crippen LogP contribution in [0.5, 0.6) is 5.75 Å². The van der Waals surface area contributed by atoms with Crippen molar-refractivity contribution in [3.8, 4) is 5.75 Å². The normalized spacial score (nSPS) is 18.8. The van der Waals surface area contributed by atoms with Gasteiger partial charge in [0, 0.05) is 29.7 Å². The summed E-state index contributed by atoms with van der Waals surface area (Å²) >= 11 is 6.32. The Balaban J connectivity index is 0.00000300. The Kier molecular flexibility index (Phi) is 8.38. The molecule has 2 aromatic rings. The summed E-state index contributed by atoms with van der Waals surface area (Å²) in [6.45, 7) is 3.59. The summed E-state index contributed by atoms with van der Waals surface area (Å²) in [5.74, 6) is 1.07. The minimum Gasteiger partial charge on any atom is -0.497 e. The molecule has 1 heterocycles. The fraction of sp³-hybridized carbons (Fsp3) is 0.435. The van der Waals surface area contributed by atoms with Crippen LogP contribution in [0, 0.1) is 5.92 Å². The second-order valence-electron chi connectivity index (χ2n) is 7.66. The third kappa shape index (κ3) is 5.25. The Bertz CT molecular complexity index is 824. The maximum atomic E-state index is 13.6. The van der Waals surface area contributed by atoms with Crippen molar-refractivity contribution >= 4 is 35.6 Å². The predicted molar refractivity (Wildman–Crippen MR) is 123 cm³/mol. The van der Waals surface area contributed by atoms with Gasteiger partial charge in [-0.05, 0) is 74.3 Å². The largest absolute Gasteiger partial charge is 0.497 e. The highest BCUT2D eigenvalue weighted by Crippen LogP contribution is 2.40. The first-order valence-corrected chi connectivity index (χ1v) is 10.2. The first-order valence-electron chi connectivity index (χ1n) is 9.83. The number of rotatable bonds is 6. The molecule has 2 aromatic carbocycles. The van der Waals surface area contributed by atoms with E-state index in [1.807, 2.05) is 49.3 Å². The van der Waals surface area contributed by atoms with Crippen LogP contribution in [0.3, 0.4) is 0 Å². The molecule has 6 heteroatoms. The van der Waals surface area contributed by atoms with Crippen LogP contribution in [-0.4, -0.2) is 45.1 Å². The summed E-state index contributed by atoms with van der Waals surface area (Å²) < 4.78 is 5.30. The minimum atomic E-state index is -0.0678. The van der Waals surface area contributed by atoms with Gasteiger partial charge in [-0.1, -0.05) is 30.7 Å². The highest BCUT2D eigenvalue weighted by molar-refractivity contribution is 6.30. The van der Waals surface area contributed by atoms with E-state index in [9.17, 15) is 4.79 Å². The smallest absolute Gasteiger partial charge is 0.230 e. The average molecular weight is 437 g/mol. The molecule has 1 aliphatic heterocycles. The molecule has 0 saturated heterocycles. The zero-order chi connectivity index (χ0) is 20.3. The molecule has 0 aliphatic carbocycles. The van der Waals surface area contributed by atoms with Crippen molar-refractivity contribution < 1.29 is 9.53 Å². The summed E-state index contributed by atoms with van der Waals surface area (Å²) in [4.78, 5) is 17.7. The van der Waals surface area contributed by atoms with Crippen LogP contribution in [0.4, 0.5) is 5.69 Å². The van der Waals surface area contributed by atoms with E-state index < -0.39 is 0 Å². The molecule has 4 nitrogen and oxygen atoms in total. The van der Waals surface area contributed by atoms with E-state index in [-0.39, 0.29) is 30.2 Å². The first-order chi connectivity index (χ1) is 13.4. The maximum Gasteiger partial charge on any atom is 0.230 e. The summed E-state index contributed by atoms with van der Waals surface area (Å²) in [6.07, 6.45) is 1.60. The molecule has 29 heavy (non-hydrogen) atoms. The van der Waals surface area contributed by atoms with Crippen LogP contribution in [0.25, 0.3) is 0 Å². The van der Waals surface area contributed by atoms with Gasteiger partial charge in [-0.25, -0.2) is 0 Å². The van der Waals surface area contributed by atoms with Crippen LogP contribution in [0.1, 0.15) is 30.4 Å².